The average molecular weight is 1790 g/mol. The number of rotatable bonds is 12. The van der Waals surface area contributed by atoms with Crippen molar-refractivity contribution < 1.29 is 265 Å². The normalized spacial score (nSPS) is 7.54. The van der Waals surface area contributed by atoms with Crippen LogP contribution in [0.15, 0.2) is 195 Å². The van der Waals surface area contributed by atoms with Gasteiger partial charge in [0.1, 0.15) is 22.8 Å². The van der Waals surface area contributed by atoms with Crippen molar-refractivity contribution in [2.75, 3.05) is 0 Å². The van der Waals surface area contributed by atoms with Crippen LogP contribution < -0.4 is 0 Å². The second-order valence-corrected chi connectivity index (χ2v) is 14.0. The number of aromatic nitrogens is 12. The van der Waals surface area contributed by atoms with E-state index in [1.165, 1.54) is 22.3 Å². The van der Waals surface area contributed by atoms with E-state index >= 15 is 0 Å². The van der Waals surface area contributed by atoms with E-state index in [1.54, 1.807) is 24.8 Å². The molecule has 0 saturated heterocycles. The molecule has 31 nitrogen and oxygen atoms in total. The molecule has 0 bridgehead atoms. The van der Waals surface area contributed by atoms with Crippen molar-refractivity contribution in [1.29, 1.82) is 0 Å². The van der Waals surface area contributed by atoms with Crippen molar-refractivity contribution >= 4 is 0 Å². The van der Waals surface area contributed by atoms with Gasteiger partial charge in [0.25, 0.3) is 0 Å². The Kier molecular flexibility index (Phi) is 109. The Morgan fingerprint density at radius 3 is 0.517 bits per heavy atom. The first kappa shape index (κ1) is 136. The molecule has 39 heteroatoms. The molecule has 0 fully saturated rings. The van der Waals surface area contributed by atoms with Crippen molar-refractivity contribution in [1.82, 2.24) is 59.1 Å². The first-order valence-corrected chi connectivity index (χ1v) is 19.6. The summed E-state index contributed by atoms with van der Waals surface area (Å²) < 4.78 is 7.80. The van der Waals surface area contributed by atoms with Gasteiger partial charge < -0.3 is 104 Å². The summed E-state index contributed by atoms with van der Waals surface area (Å²) in [7, 11) is 0. The van der Waals surface area contributed by atoms with Crippen molar-refractivity contribution in [2.45, 2.75) is 26.2 Å². The molecule has 8 heterocycles. The minimum atomic E-state index is 0. The van der Waals surface area contributed by atoms with E-state index < -0.39 is 0 Å². The number of hydrogen-bond donors (Lipinski definition) is 0. The molecule has 0 saturated carbocycles. The fraction of sp³-hybridized carbons (Fsp3) is 0.0833. The molecule has 0 atom stereocenters. The molecule has 8 aromatic heterocycles. The van der Waals surface area contributed by atoms with Gasteiger partial charge in [0.2, 0.25) is 0 Å². The Hall–Kier alpha value is -3.71. The van der Waals surface area contributed by atoms with Gasteiger partial charge in [0.05, 0.1) is 49.0 Å². The SMILES string of the molecule is [Cu+2].[Cu+2].[Mo].[Mo].[Mo].[Mo].[Mo].[Mo].[O-2].[O-2].[O-2].[O-2].[O-2].[O-2].[O-2].[O-2].[O-2].[O-2].[O-2].[O-2].[O-2].[O-2].[O-2].[O-2].[O-2].[O-2].[O-2].c1ccc(-c2ccn(Cc3ccccc3Cn3ccc(-c4ccccn4)n3)n2)nc1.c1ccc(-c2ccn(Cc3ccccc3Cn3ccc(-c4ccccn4)n3)n2)nc1. The Morgan fingerprint density at radius 1 is 0.207 bits per heavy atom. The summed E-state index contributed by atoms with van der Waals surface area (Å²) >= 11 is 0. The third-order valence-electron chi connectivity index (χ3n) is 9.84. The van der Waals surface area contributed by atoms with Crippen LogP contribution in [0.2, 0.25) is 0 Å². The summed E-state index contributed by atoms with van der Waals surface area (Å²) in [6.45, 7) is 2.77. The first-order chi connectivity index (χ1) is 29.7. The van der Waals surface area contributed by atoms with Crippen molar-refractivity contribution in [3.05, 3.63) is 217 Å². The van der Waals surface area contributed by atoms with Crippen LogP contribution in [0.3, 0.4) is 0 Å². The summed E-state index contributed by atoms with van der Waals surface area (Å²) in [6.07, 6.45) is 15.1. The molecule has 0 spiro atoms. The number of benzene rings is 2. The van der Waals surface area contributed by atoms with E-state index in [2.05, 4.69) is 68.5 Å². The van der Waals surface area contributed by atoms with Gasteiger partial charge in [0.15, 0.2) is 0 Å². The van der Waals surface area contributed by atoms with Crippen LogP contribution in [0, 0.1) is 0 Å². The maximum Gasteiger partial charge on any atom is 2.00 e. The summed E-state index contributed by atoms with van der Waals surface area (Å²) in [6, 6.07) is 48.2. The molecule has 2 aromatic carbocycles. The second-order valence-electron chi connectivity index (χ2n) is 14.0. The van der Waals surface area contributed by atoms with Crippen LogP contribution in [0.25, 0.3) is 45.6 Å². The maximum absolute atomic E-state index is 4.69. The molecule has 2 radical (unpaired) electrons. The Morgan fingerprint density at radius 2 is 0.368 bits per heavy atom. The van der Waals surface area contributed by atoms with E-state index in [0.29, 0.717) is 26.2 Å². The molecule has 0 aliphatic carbocycles. The molecule has 0 amide bonds. The smallest absolute Gasteiger partial charge is 2.00 e. The van der Waals surface area contributed by atoms with Gasteiger partial charge in [-0.3, -0.25) is 38.7 Å². The molecule has 0 aliphatic rings. The Bertz CT molecular complexity index is 2590. The summed E-state index contributed by atoms with van der Waals surface area (Å²) in [4.78, 5) is 17.5. The van der Waals surface area contributed by atoms with Crippen molar-refractivity contribution in [3.63, 3.8) is 0 Å². The fourth-order valence-corrected chi connectivity index (χ4v) is 6.83. The van der Waals surface area contributed by atoms with Gasteiger partial charge in [-0.25, -0.2) is 0 Å². The number of nitrogens with zero attached hydrogens (tertiary/aromatic N) is 12. The predicted octanol–water partition coefficient (Wildman–Crippen LogP) is 6.32. The van der Waals surface area contributed by atoms with Gasteiger partial charge in [-0.1, -0.05) is 72.8 Å². The molecule has 10 aromatic rings. The summed E-state index contributed by atoms with van der Waals surface area (Å²) in [5, 5.41) is 18.8. The topological polar surface area (TPSA) is 664 Å². The minimum absolute atomic E-state index is 0. The third-order valence-corrected chi connectivity index (χ3v) is 9.84. The van der Waals surface area contributed by atoms with Crippen LogP contribution in [0.5, 0.6) is 0 Å². The van der Waals surface area contributed by atoms with E-state index in [9.17, 15) is 0 Å². The van der Waals surface area contributed by atoms with Crippen LogP contribution in [0.1, 0.15) is 22.3 Å². The van der Waals surface area contributed by atoms with Gasteiger partial charge in [-0.05, 0) is 95.1 Å². The fourth-order valence-electron chi connectivity index (χ4n) is 6.83. The van der Waals surface area contributed by atoms with Crippen LogP contribution in [-0.2, 0) is 291 Å². The van der Waals surface area contributed by atoms with Crippen LogP contribution >= 0.6 is 0 Å². The van der Waals surface area contributed by atoms with E-state index in [1.807, 2.05) is 141 Å². The molecular weight excluding hydrogens is 1750 g/mol. The van der Waals surface area contributed by atoms with Gasteiger partial charge in [-0.15, -0.1) is 0 Å². The second kappa shape index (κ2) is 69.8. The molecule has 10 rings (SSSR count). The van der Waals surface area contributed by atoms with Crippen LogP contribution in [-0.4, -0.2) is 59.1 Å². The quantitative estimate of drug-likeness (QED) is 0.124. The Balaban J connectivity index is -0.0000000477. The van der Waals surface area contributed by atoms with Gasteiger partial charge in [0, 0.05) is 176 Å². The molecule has 0 unspecified atom stereocenters. The predicted molar refractivity (Wildman–Crippen MR) is 244 cm³/mol. The van der Waals surface area contributed by atoms with Gasteiger partial charge >= 0.3 is 34.1 Å². The van der Waals surface area contributed by atoms with Crippen molar-refractivity contribution in [2.24, 2.45) is 0 Å². The first-order valence-electron chi connectivity index (χ1n) is 19.6. The molecule has 498 valence electrons. The molecule has 0 aliphatic heterocycles. The zero-order valence-electron chi connectivity index (χ0n) is 43.5. The van der Waals surface area contributed by atoms with E-state index in [-0.39, 0.29) is 265 Å². The molecule has 0 N–H and O–H groups in total. The van der Waals surface area contributed by atoms with Gasteiger partial charge in [-0.2, -0.15) is 20.4 Å². The Labute approximate surface area is 606 Å². The minimum Gasteiger partial charge on any atom is -2.00 e. The zero-order valence-corrected chi connectivity index (χ0v) is 57.4. The summed E-state index contributed by atoms with van der Waals surface area (Å²) in [5.74, 6) is 0. The number of hydrogen-bond acceptors (Lipinski definition) is 8. The largest absolute Gasteiger partial charge is 2.00 e. The standard InChI is InChI=1S/2C24H20N6.2Cu.6Mo.19O/c2*1-2-8-20(18-30-16-12-24(28-30)22-10-4-6-14-26-22)19(7-1)17-29-15-11-23(27-29)21-9-3-5-13-25-21;;;;;;;;;;;;;;;;;;;;;;;;;;;/h2*1-16H,17-18H2;;;;;;;;;;;;;;;;;;;;;;;;;;;/q;;2*+2;;;;;;;19*-2. The average Bonchev–Trinajstić information content (AvgIpc) is 4.16. The van der Waals surface area contributed by atoms with Crippen LogP contribution in [0.4, 0.5) is 0 Å². The third kappa shape index (κ3) is 37.9. The molecule has 87 heavy (non-hydrogen) atoms. The monoisotopic (exact) mass is 1800 g/mol. The number of pyridine rings is 4. The van der Waals surface area contributed by atoms with Crippen molar-refractivity contribution in [3.8, 4) is 45.6 Å². The van der Waals surface area contributed by atoms with E-state index in [0.717, 1.165) is 45.6 Å². The van der Waals surface area contributed by atoms with E-state index in [4.69, 9.17) is 20.4 Å². The molecular formula is C48H40Cu2Mo6N12O19-34. The maximum atomic E-state index is 4.69. The zero-order chi connectivity index (χ0) is 40.4. The summed E-state index contributed by atoms with van der Waals surface area (Å²) in [5.41, 5.74) is 11.9.